The average Bonchev–Trinajstić information content (AvgIpc) is 1.65. The quantitative estimate of drug-likeness (QED) is 0.503. The molecular formula is C5H10O2. The van der Waals surface area contributed by atoms with Gasteiger partial charge in [-0.05, 0) is 0 Å². The van der Waals surface area contributed by atoms with Crippen molar-refractivity contribution in [3.05, 3.63) is 12.3 Å². The fourth-order valence-electron chi connectivity index (χ4n) is 0.105. The average molecular weight is 102 g/mol. The number of hydrogen-bond acceptors (Lipinski definition) is 2. The van der Waals surface area contributed by atoms with E-state index in [1.54, 1.807) is 6.92 Å². The molecule has 42 valence electrons. The van der Waals surface area contributed by atoms with E-state index in [4.69, 9.17) is 10.2 Å². The zero-order valence-corrected chi connectivity index (χ0v) is 4.39. The highest BCUT2D eigenvalue weighted by atomic mass is 16.3. The van der Waals surface area contributed by atoms with E-state index in [1.165, 1.54) is 0 Å². The van der Waals surface area contributed by atoms with Gasteiger partial charge in [0, 0.05) is 5.92 Å². The smallest absolute Gasteiger partial charge is 0.0902 e. The minimum absolute atomic E-state index is 0.0324. The molecule has 0 aromatic rings. The van der Waals surface area contributed by atoms with Crippen LogP contribution in [0.4, 0.5) is 0 Å². The van der Waals surface area contributed by atoms with Crippen molar-refractivity contribution in [2.45, 2.75) is 6.92 Å². The second kappa shape index (κ2) is 2.64. The topological polar surface area (TPSA) is 40.5 Å². The monoisotopic (exact) mass is 102 g/mol. The van der Waals surface area contributed by atoms with Gasteiger partial charge in [-0.25, -0.2) is 0 Å². The third-order valence-electron chi connectivity index (χ3n) is 0.843. The summed E-state index contributed by atoms with van der Waals surface area (Å²) in [6.45, 7) is 4.89. The van der Waals surface area contributed by atoms with E-state index in [2.05, 4.69) is 6.58 Å². The Morgan fingerprint density at radius 2 is 2.29 bits per heavy atom. The summed E-state index contributed by atoms with van der Waals surface area (Å²) in [6, 6.07) is 0. The molecule has 0 amide bonds. The van der Waals surface area contributed by atoms with Crippen molar-refractivity contribution in [3.8, 4) is 0 Å². The first-order valence-electron chi connectivity index (χ1n) is 2.17. The van der Waals surface area contributed by atoms with Gasteiger partial charge in [0.05, 0.1) is 12.4 Å². The molecule has 0 saturated heterocycles. The summed E-state index contributed by atoms with van der Waals surface area (Å²) >= 11 is 0. The fourth-order valence-corrected chi connectivity index (χ4v) is 0.105. The van der Waals surface area contributed by atoms with Crippen molar-refractivity contribution in [3.63, 3.8) is 0 Å². The van der Waals surface area contributed by atoms with Gasteiger partial charge in [-0.3, -0.25) is 0 Å². The third kappa shape index (κ3) is 2.23. The van der Waals surface area contributed by atoms with Crippen molar-refractivity contribution < 1.29 is 10.2 Å². The Labute approximate surface area is 43.1 Å². The van der Waals surface area contributed by atoms with Crippen LogP contribution in [-0.2, 0) is 0 Å². The maximum Gasteiger partial charge on any atom is 0.0902 e. The van der Waals surface area contributed by atoms with Crippen LogP contribution in [0, 0.1) is 5.92 Å². The number of aliphatic hydroxyl groups is 2. The van der Waals surface area contributed by atoms with E-state index in [9.17, 15) is 0 Å². The molecular weight excluding hydrogens is 92.1 g/mol. The Morgan fingerprint density at radius 1 is 1.86 bits per heavy atom. The highest BCUT2D eigenvalue weighted by Crippen LogP contribution is 2.00. The molecule has 7 heavy (non-hydrogen) atoms. The third-order valence-corrected chi connectivity index (χ3v) is 0.843. The number of rotatable bonds is 2. The molecule has 0 rings (SSSR count). The molecule has 2 N–H and O–H groups in total. The first-order valence-corrected chi connectivity index (χ1v) is 2.17. The summed E-state index contributed by atoms with van der Waals surface area (Å²) in [5.41, 5.74) is 0. The predicted octanol–water partition coefficient (Wildman–Crippen LogP) is 0.686. The van der Waals surface area contributed by atoms with E-state index < -0.39 is 0 Å². The normalized spacial score (nSPS) is 13.4. The summed E-state index contributed by atoms with van der Waals surface area (Å²) in [5.74, 6) is -0.137. The Balaban J connectivity index is 3.34. The molecule has 1 unspecified atom stereocenters. The molecule has 0 fully saturated rings. The van der Waals surface area contributed by atoms with Crippen LogP contribution in [-0.4, -0.2) is 16.8 Å². The molecule has 0 saturated carbocycles. The Morgan fingerprint density at radius 3 is 2.29 bits per heavy atom. The van der Waals surface area contributed by atoms with Crippen molar-refractivity contribution in [2.24, 2.45) is 5.92 Å². The van der Waals surface area contributed by atoms with E-state index >= 15 is 0 Å². The second-order valence-corrected chi connectivity index (χ2v) is 1.57. The molecule has 0 aromatic heterocycles. The molecule has 0 aliphatic rings. The summed E-state index contributed by atoms with van der Waals surface area (Å²) in [6.07, 6.45) is 0. The molecule has 0 aromatic carbocycles. The van der Waals surface area contributed by atoms with Crippen LogP contribution in [0.3, 0.4) is 0 Å². The minimum Gasteiger partial charge on any atom is -0.513 e. The van der Waals surface area contributed by atoms with E-state index in [1.807, 2.05) is 0 Å². The maximum absolute atomic E-state index is 8.47. The zero-order valence-electron chi connectivity index (χ0n) is 4.39. The summed E-state index contributed by atoms with van der Waals surface area (Å²) < 4.78 is 0. The lowest BCUT2D eigenvalue weighted by molar-refractivity contribution is 0.216. The van der Waals surface area contributed by atoms with E-state index in [0.717, 1.165) is 0 Å². The van der Waals surface area contributed by atoms with Crippen molar-refractivity contribution in [1.29, 1.82) is 0 Å². The van der Waals surface area contributed by atoms with Gasteiger partial charge in [0.2, 0.25) is 0 Å². The molecule has 0 radical (unpaired) electrons. The van der Waals surface area contributed by atoms with Crippen molar-refractivity contribution >= 4 is 0 Å². The SMILES string of the molecule is C=C(O)C(C)CO. The molecule has 0 spiro atoms. The number of aliphatic hydroxyl groups excluding tert-OH is 2. The summed E-state index contributed by atoms with van der Waals surface area (Å²) in [4.78, 5) is 0. The maximum atomic E-state index is 8.47. The molecule has 0 heterocycles. The Bertz CT molecular complexity index is 68.5. The van der Waals surface area contributed by atoms with E-state index in [0.29, 0.717) is 0 Å². The number of hydrogen-bond donors (Lipinski definition) is 2. The Kier molecular flexibility index (Phi) is 2.45. The van der Waals surface area contributed by atoms with Crippen LogP contribution in [0.5, 0.6) is 0 Å². The molecule has 2 heteroatoms. The van der Waals surface area contributed by atoms with Gasteiger partial charge in [-0.1, -0.05) is 13.5 Å². The van der Waals surface area contributed by atoms with Crippen LogP contribution in [0.2, 0.25) is 0 Å². The van der Waals surface area contributed by atoms with Crippen LogP contribution in [0.15, 0.2) is 12.3 Å². The van der Waals surface area contributed by atoms with Gasteiger partial charge in [-0.15, -0.1) is 0 Å². The molecule has 0 bridgehead atoms. The van der Waals surface area contributed by atoms with Gasteiger partial charge in [0.15, 0.2) is 0 Å². The van der Waals surface area contributed by atoms with Gasteiger partial charge >= 0.3 is 0 Å². The lowest BCUT2D eigenvalue weighted by atomic mass is 10.2. The molecule has 0 aliphatic heterocycles. The first kappa shape index (κ1) is 6.50. The van der Waals surface area contributed by atoms with Crippen LogP contribution in [0.25, 0.3) is 0 Å². The van der Waals surface area contributed by atoms with Crippen molar-refractivity contribution in [1.82, 2.24) is 0 Å². The standard InChI is InChI=1S/C5H10O2/c1-4(3-6)5(2)7/h4,6-7H,2-3H2,1H3. The van der Waals surface area contributed by atoms with Crippen LogP contribution >= 0.6 is 0 Å². The van der Waals surface area contributed by atoms with Gasteiger partial charge in [0.25, 0.3) is 0 Å². The van der Waals surface area contributed by atoms with E-state index in [-0.39, 0.29) is 18.3 Å². The molecule has 0 aliphatic carbocycles. The lowest BCUT2D eigenvalue weighted by Gasteiger charge is -2.01. The predicted molar refractivity (Wildman–Crippen MR) is 28.0 cm³/mol. The highest BCUT2D eigenvalue weighted by molar-refractivity contribution is 4.84. The van der Waals surface area contributed by atoms with Gasteiger partial charge in [0.1, 0.15) is 0 Å². The van der Waals surface area contributed by atoms with Crippen LogP contribution < -0.4 is 0 Å². The van der Waals surface area contributed by atoms with Crippen LogP contribution in [0.1, 0.15) is 6.92 Å². The fraction of sp³-hybridized carbons (Fsp3) is 0.600. The molecule has 1 atom stereocenters. The summed E-state index contributed by atoms with van der Waals surface area (Å²) in [7, 11) is 0. The minimum atomic E-state index is -0.181. The van der Waals surface area contributed by atoms with Gasteiger partial charge < -0.3 is 10.2 Å². The highest BCUT2D eigenvalue weighted by Gasteiger charge is 1.99. The van der Waals surface area contributed by atoms with Gasteiger partial charge in [-0.2, -0.15) is 0 Å². The summed E-state index contributed by atoms with van der Waals surface area (Å²) in [5, 5.41) is 16.8. The lowest BCUT2D eigenvalue weighted by Crippen LogP contribution is -2.01. The largest absolute Gasteiger partial charge is 0.513 e. The molecule has 2 nitrogen and oxygen atoms in total. The first-order chi connectivity index (χ1) is 3.18. The zero-order chi connectivity index (χ0) is 5.86. The Hall–Kier alpha value is -0.500. The van der Waals surface area contributed by atoms with Crippen molar-refractivity contribution in [2.75, 3.05) is 6.61 Å². The second-order valence-electron chi connectivity index (χ2n) is 1.57.